The van der Waals surface area contributed by atoms with Gasteiger partial charge in [-0.05, 0) is 54.5 Å². The van der Waals surface area contributed by atoms with Crippen molar-refractivity contribution in [2.75, 3.05) is 26.7 Å². The normalized spacial score (nSPS) is 20.3. The molecule has 1 amide bonds. The molecule has 2 aromatic carbocycles. The van der Waals surface area contributed by atoms with E-state index in [1.54, 1.807) is 12.0 Å². The Labute approximate surface area is 212 Å². The first-order chi connectivity index (χ1) is 17.6. The van der Waals surface area contributed by atoms with Crippen molar-refractivity contribution in [1.29, 1.82) is 0 Å². The molecule has 0 bridgehead atoms. The van der Waals surface area contributed by atoms with Gasteiger partial charge in [0.05, 0.1) is 19.8 Å². The summed E-state index contributed by atoms with van der Waals surface area (Å²) >= 11 is 0. The number of hydrogen-bond donors (Lipinski definition) is 1. The number of carbonyl (C=O) groups is 1. The number of aliphatic hydroxyl groups is 1. The molecule has 6 rings (SSSR count). The SMILES string of the molecule is COc1cccc(Cn2nc(C(=O)N3CCCC(O)C3)c3c2CCN(C2Cc4ccccc4C2)C3)c1. The maximum atomic E-state index is 13.7. The van der Waals surface area contributed by atoms with Crippen molar-refractivity contribution in [3.05, 3.63) is 82.2 Å². The van der Waals surface area contributed by atoms with Crippen LogP contribution in [0.2, 0.25) is 0 Å². The highest BCUT2D eigenvalue weighted by Gasteiger charge is 2.35. The molecule has 36 heavy (non-hydrogen) atoms. The molecule has 188 valence electrons. The number of aliphatic hydroxyl groups excluding tert-OH is 1. The predicted octanol–water partition coefficient (Wildman–Crippen LogP) is 3.06. The summed E-state index contributed by atoms with van der Waals surface area (Å²) in [7, 11) is 1.68. The summed E-state index contributed by atoms with van der Waals surface area (Å²) in [5, 5.41) is 15.1. The second-order valence-electron chi connectivity index (χ2n) is 10.4. The molecule has 1 aromatic heterocycles. The zero-order valence-corrected chi connectivity index (χ0v) is 20.9. The van der Waals surface area contributed by atoms with Gasteiger partial charge in [-0.25, -0.2) is 0 Å². The maximum absolute atomic E-state index is 13.7. The van der Waals surface area contributed by atoms with E-state index in [9.17, 15) is 9.90 Å². The van der Waals surface area contributed by atoms with Crippen LogP contribution in [0.15, 0.2) is 48.5 Å². The Hall–Kier alpha value is -3.16. The van der Waals surface area contributed by atoms with Crippen molar-refractivity contribution in [2.45, 2.75) is 57.3 Å². The quantitative estimate of drug-likeness (QED) is 0.600. The lowest BCUT2D eigenvalue weighted by Crippen LogP contribution is -2.43. The van der Waals surface area contributed by atoms with Crippen molar-refractivity contribution in [3.8, 4) is 5.75 Å². The van der Waals surface area contributed by atoms with Crippen molar-refractivity contribution < 1.29 is 14.6 Å². The fourth-order valence-corrected chi connectivity index (χ4v) is 6.15. The summed E-state index contributed by atoms with van der Waals surface area (Å²) in [5.74, 6) is 0.769. The van der Waals surface area contributed by atoms with Crippen molar-refractivity contribution in [3.63, 3.8) is 0 Å². The Kier molecular flexibility index (Phi) is 6.27. The van der Waals surface area contributed by atoms with Gasteiger partial charge in [-0.2, -0.15) is 5.10 Å². The summed E-state index contributed by atoms with van der Waals surface area (Å²) in [5.41, 5.74) is 6.76. The number of nitrogens with zero attached hydrogens (tertiary/aromatic N) is 4. The number of rotatable bonds is 5. The van der Waals surface area contributed by atoms with E-state index >= 15 is 0 Å². The summed E-state index contributed by atoms with van der Waals surface area (Å²) in [6.07, 6.45) is 4.12. The largest absolute Gasteiger partial charge is 0.497 e. The molecule has 1 fully saturated rings. The summed E-state index contributed by atoms with van der Waals surface area (Å²) < 4.78 is 7.44. The van der Waals surface area contributed by atoms with Crippen LogP contribution in [0.4, 0.5) is 0 Å². The number of ether oxygens (including phenoxy) is 1. The molecule has 1 N–H and O–H groups in total. The van der Waals surface area contributed by atoms with Crippen LogP contribution in [0.5, 0.6) is 5.75 Å². The Bertz CT molecular complexity index is 1240. The first-order valence-electron chi connectivity index (χ1n) is 13.1. The lowest BCUT2D eigenvalue weighted by molar-refractivity contribution is 0.0466. The number of β-amino-alcohol motifs (C(OH)–C–C–N with tert-alkyl or cyclic N) is 1. The number of carbonyl (C=O) groups excluding carboxylic acids is 1. The molecule has 0 saturated carbocycles. The lowest BCUT2D eigenvalue weighted by Gasteiger charge is -2.33. The van der Waals surface area contributed by atoms with Crippen LogP contribution in [0.3, 0.4) is 0 Å². The zero-order valence-electron chi connectivity index (χ0n) is 20.9. The minimum Gasteiger partial charge on any atom is -0.497 e. The highest BCUT2D eigenvalue weighted by atomic mass is 16.5. The first-order valence-corrected chi connectivity index (χ1v) is 13.1. The number of hydrogen-bond acceptors (Lipinski definition) is 5. The van der Waals surface area contributed by atoms with E-state index in [4.69, 9.17) is 9.84 Å². The number of piperidine rings is 1. The highest BCUT2D eigenvalue weighted by molar-refractivity contribution is 5.94. The van der Waals surface area contributed by atoms with Crippen LogP contribution >= 0.6 is 0 Å². The molecule has 7 heteroatoms. The molecule has 3 heterocycles. The molecule has 0 radical (unpaired) electrons. The van der Waals surface area contributed by atoms with E-state index in [0.29, 0.717) is 31.4 Å². The van der Waals surface area contributed by atoms with E-state index in [-0.39, 0.29) is 5.91 Å². The molecule has 0 spiro atoms. The fraction of sp³-hybridized carbons (Fsp3) is 0.448. The van der Waals surface area contributed by atoms with E-state index in [0.717, 1.165) is 67.8 Å². The molecule has 7 nitrogen and oxygen atoms in total. The summed E-state index contributed by atoms with van der Waals surface area (Å²) in [4.78, 5) is 18.0. The Morgan fingerprint density at radius 1 is 1.11 bits per heavy atom. The average molecular weight is 487 g/mol. The van der Waals surface area contributed by atoms with Gasteiger partial charge in [-0.15, -0.1) is 0 Å². The standard InChI is InChI=1S/C29H34N4O3/c1-36-25-10-4-6-20(14-25)17-33-27-11-13-31(23-15-21-7-2-3-8-22(21)16-23)19-26(27)28(30-33)29(35)32-12-5-9-24(34)18-32/h2-4,6-8,10,14,23-24,34H,5,9,11-13,15-19H2,1H3. The van der Waals surface area contributed by atoms with Gasteiger partial charge in [0, 0.05) is 49.9 Å². The van der Waals surface area contributed by atoms with Crippen LogP contribution in [0.25, 0.3) is 0 Å². The number of methoxy groups -OCH3 is 1. The first kappa shape index (κ1) is 23.3. The molecular formula is C29H34N4O3. The van der Waals surface area contributed by atoms with Gasteiger partial charge < -0.3 is 14.7 Å². The molecule has 3 aromatic rings. The Morgan fingerprint density at radius 2 is 1.92 bits per heavy atom. The van der Waals surface area contributed by atoms with Crippen molar-refractivity contribution in [1.82, 2.24) is 19.6 Å². The molecule has 1 aliphatic carbocycles. The molecule has 1 atom stereocenters. The van der Waals surface area contributed by atoms with Gasteiger partial charge in [-0.1, -0.05) is 36.4 Å². The van der Waals surface area contributed by atoms with Crippen molar-refractivity contribution in [2.24, 2.45) is 0 Å². The summed E-state index contributed by atoms with van der Waals surface area (Å²) in [6.45, 7) is 3.37. The molecule has 2 aliphatic heterocycles. The number of likely N-dealkylation sites (tertiary alicyclic amines) is 1. The monoisotopic (exact) mass is 486 g/mol. The Balaban J connectivity index is 1.31. The molecule has 3 aliphatic rings. The van der Waals surface area contributed by atoms with Crippen LogP contribution in [-0.2, 0) is 32.4 Å². The molecule has 1 unspecified atom stereocenters. The maximum Gasteiger partial charge on any atom is 0.274 e. The van der Waals surface area contributed by atoms with Gasteiger partial charge in [0.15, 0.2) is 5.69 Å². The summed E-state index contributed by atoms with van der Waals surface area (Å²) in [6, 6.07) is 17.2. The van der Waals surface area contributed by atoms with Crippen LogP contribution < -0.4 is 4.74 Å². The Morgan fingerprint density at radius 3 is 2.67 bits per heavy atom. The predicted molar refractivity (Wildman–Crippen MR) is 137 cm³/mol. The third-order valence-corrected chi connectivity index (χ3v) is 8.06. The van der Waals surface area contributed by atoms with Crippen LogP contribution in [0, 0.1) is 0 Å². The van der Waals surface area contributed by atoms with E-state index in [1.165, 1.54) is 11.1 Å². The number of fused-ring (bicyclic) bond motifs is 2. The fourth-order valence-electron chi connectivity index (χ4n) is 6.15. The van der Waals surface area contributed by atoms with Gasteiger partial charge in [-0.3, -0.25) is 14.4 Å². The van der Waals surface area contributed by atoms with E-state index < -0.39 is 6.10 Å². The van der Waals surface area contributed by atoms with Gasteiger partial charge in [0.2, 0.25) is 0 Å². The average Bonchev–Trinajstić information content (AvgIpc) is 3.50. The second-order valence-corrected chi connectivity index (χ2v) is 10.4. The molecular weight excluding hydrogens is 452 g/mol. The molecule has 1 saturated heterocycles. The van der Waals surface area contributed by atoms with Gasteiger partial charge >= 0.3 is 0 Å². The smallest absolute Gasteiger partial charge is 0.274 e. The second kappa shape index (κ2) is 9.71. The van der Waals surface area contributed by atoms with E-state index in [1.807, 2.05) is 22.9 Å². The lowest BCUT2D eigenvalue weighted by atomic mass is 10.0. The third-order valence-electron chi connectivity index (χ3n) is 8.06. The van der Waals surface area contributed by atoms with Crippen LogP contribution in [0.1, 0.15) is 51.3 Å². The topological polar surface area (TPSA) is 70.8 Å². The zero-order chi connectivity index (χ0) is 24.6. The van der Waals surface area contributed by atoms with Crippen molar-refractivity contribution >= 4 is 5.91 Å². The van der Waals surface area contributed by atoms with Gasteiger partial charge in [0.25, 0.3) is 5.91 Å². The number of benzene rings is 2. The number of amides is 1. The minimum absolute atomic E-state index is 0.0500. The van der Waals surface area contributed by atoms with E-state index in [2.05, 4.69) is 35.2 Å². The van der Waals surface area contributed by atoms with Crippen LogP contribution in [-0.4, -0.2) is 69.5 Å². The number of aromatic nitrogens is 2. The third kappa shape index (κ3) is 4.42. The minimum atomic E-state index is -0.453. The highest BCUT2D eigenvalue weighted by Crippen LogP contribution is 2.32. The van der Waals surface area contributed by atoms with Gasteiger partial charge in [0.1, 0.15) is 5.75 Å².